The van der Waals surface area contributed by atoms with E-state index < -0.39 is 199 Å². The SMILES string of the molecule is CCSC[C@H](NC(C)=O)C(=O)N[C@H](C(=O)N[C@@H](CCC(=O)O)C(=O)N[C@H]1CSCc2ccc(cc2)C(NC)=NC(=N)c2ccc(cc2)CSC[C@@H](C(N)=O)NC(=O)[C@@H]2CCCN2C(=O)[C@H](C(C)C)NC(=O)[C@H](Cc2c[nH]c3ccccc23)NC(=O)CNC(=O)[C@H](CC(=O)O)NC(=O)[C@H](C(C)C)NC(=O)[C@H](Cc2c[nH]c3ccccc23)NC1=O)[C@@H](C)O. The molecule has 4 bridgehead atoms. The highest BCUT2D eigenvalue weighted by Crippen LogP contribution is 2.26. The fraction of sp³-hybridized carbons (Fsp3) is 0.451. The predicted octanol–water partition coefficient (Wildman–Crippen LogP) is 0.852. The van der Waals surface area contributed by atoms with Gasteiger partial charge in [0.15, 0.2) is 5.84 Å². The van der Waals surface area contributed by atoms with Crippen molar-refractivity contribution in [3.05, 3.63) is 143 Å². The Kier molecular flexibility index (Phi) is 35.6. The average Bonchev–Trinajstić information content (AvgIpc) is 1.70. The number of carbonyl (C=O) groups is 15. The molecule has 0 aliphatic carbocycles. The molecule has 0 spiro atoms. The van der Waals surface area contributed by atoms with Crippen LogP contribution >= 0.6 is 35.3 Å². The Balaban J connectivity index is 1.14. The van der Waals surface area contributed by atoms with Gasteiger partial charge in [0.25, 0.3) is 0 Å². The molecule has 1 saturated heterocycles. The molecule has 0 saturated carbocycles. The van der Waals surface area contributed by atoms with E-state index in [1.54, 1.807) is 130 Å². The molecule has 4 aromatic carbocycles. The van der Waals surface area contributed by atoms with E-state index in [1.165, 1.54) is 56.1 Å². The van der Waals surface area contributed by atoms with Gasteiger partial charge in [0.1, 0.15) is 72.3 Å². The number of aliphatic hydroxyl groups is 1. The first-order chi connectivity index (χ1) is 57.6. The normalized spacial score (nSPS) is 21.2. The average molecular weight is 1730 g/mol. The molecule has 4 aliphatic heterocycles. The van der Waals surface area contributed by atoms with Crippen LogP contribution in [0.25, 0.3) is 21.8 Å². The molecule has 4 aliphatic rings. The number of primary amides is 1. The van der Waals surface area contributed by atoms with Gasteiger partial charge in [-0.15, -0.1) is 0 Å². The molecule has 650 valence electrons. The fourth-order valence-corrected chi connectivity index (χ4v) is 16.3. The lowest BCUT2D eigenvalue weighted by Gasteiger charge is -2.32. The van der Waals surface area contributed by atoms with Crippen LogP contribution in [0.5, 0.6) is 0 Å². The van der Waals surface area contributed by atoms with Gasteiger partial charge in [0.2, 0.25) is 76.8 Å². The Morgan fingerprint density at radius 2 is 1.19 bits per heavy atom. The van der Waals surface area contributed by atoms with Crippen molar-refractivity contribution >= 4 is 157 Å². The number of carbonyl (C=O) groups excluding carboxylic acids is 13. The molecular weight excluding hydrogens is 1620 g/mol. The lowest BCUT2D eigenvalue weighted by Crippen LogP contribution is -2.62. The zero-order chi connectivity index (χ0) is 88.3. The summed E-state index contributed by atoms with van der Waals surface area (Å²) in [5, 5.41) is 72.6. The van der Waals surface area contributed by atoms with E-state index in [0.29, 0.717) is 73.4 Å². The Hall–Kier alpha value is -11.8. The molecule has 0 radical (unpaired) electrons. The lowest BCUT2D eigenvalue weighted by molar-refractivity contribution is -0.143. The Labute approximate surface area is 711 Å². The number of amides is 13. The summed E-state index contributed by atoms with van der Waals surface area (Å²) in [6.45, 7) is 9.74. The number of H-pyrrole nitrogens is 2. The van der Waals surface area contributed by atoms with Crippen molar-refractivity contribution in [2.75, 3.05) is 43.1 Å². The van der Waals surface area contributed by atoms with Crippen LogP contribution in [0.4, 0.5) is 0 Å². The molecule has 1 fully saturated rings. The molecular formula is C82H106N18O18S3. The van der Waals surface area contributed by atoms with E-state index in [0.717, 1.165) is 17.3 Å². The monoisotopic (exact) mass is 1730 g/mol. The third kappa shape index (κ3) is 27.6. The lowest BCUT2D eigenvalue weighted by atomic mass is 9.99. The quantitative estimate of drug-likeness (QED) is 0.0423. The minimum Gasteiger partial charge on any atom is -0.481 e. The topological polar surface area (TPSA) is 558 Å². The predicted molar refractivity (Wildman–Crippen MR) is 457 cm³/mol. The van der Waals surface area contributed by atoms with Crippen LogP contribution in [-0.2, 0) is 96.3 Å². The van der Waals surface area contributed by atoms with Crippen molar-refractivity contribution in [2.24, 2.45) is 22.6 Å². The maximum atomic E-state index is 15.3. The minimum atomic E-state index is -1.94. The van der Waals surface area contributed by atoms with E-state index in [1.807, 2.05) is 6.92 Å². The number of para-hydroxylation sites is 2. The highest BCUT2D eigenvalue weighted by molar-refractivity contribution is 7.99. The number of aromatic amines is 2. The van der Waals surface area contributed by atoms with E-state index >= 15 is 9.59 Å². The van der Waals surface area contributed by atoms with Gasteiger partial charge in [0.05, 0.1) is 19.1 Å². The number of aliphatic imine (C=N–C) groups is 1. The van der Waals surface area contributed by atoms with Crippen LogP contribution in [0.1, 0.15) is 114 Å². The van der Waals surface area contributed by atoms with Gasteiger partial charge < -0.3 is 99.7 Å². The van der Waals surface area contributed by atoms with Gasteiger partial charge in [0, 0.05) is 114 Å². The summed E-state index contributed by atoms with van der Waals surface area (Å²) in [5.41, 5.74) is 10.6. The number of aliphatic hydroxyl groups excluding tert-OH is 1. The van der Waals surface area contributed by atoms with Gasteiger partial charge >= 0.3 is 11.9 Å². The Morgan fingerprint density at radius 3 is 1.74 bits per heavy atom. The number of aliphatic carboxylic acids is 2. The van der Waals surface area contributed by atoms with Crippen LogP contribution in [0.3, 0.4) is 0 Å². The van der Waals surface area contributed by atoms with Crippen molar-refractivity contribution in [3.8, 4) is 0 Å². The number of fused-ring (bicyclic) bond motifs is 4. The highest BCUT2D eigenvalue weighted by atomic mass is 32.2. The second-order valence-electron chi connectivity index (χ2n) is 30.0. The largest absolute Gasteiger partial charge is 0.481 e. The van der Waals surface area contributed by atoms with Crippen molar-refractivity contribution in [1.82, 2.24) is 78.7 Å². The van der Waals surface area contributed by atoms with E-state index in [-0.39, 0.29) is 54.7 Å². The number of carboxylic acid groups (broad SMARTS) is 2. The van der Waals surface area contributed by atoms with Crippen molar-refractivity contribution in [3.63, 3.8) is 0 Å². The Morgan fingerprint density at radius 1 is 0.628 bits per heavy atom. The number of thioether (sulfide) groups is 3. The van der Waals surface area contributed by atoms with Crippen molar-refractivity contribution < 1.29 is 87.2 Å². The number of nitrogens with two attached hydrogens (primary N) is 1. The molecule has 2 aromatic heterocycles. The highest BCUT2D eigenvalue weighted by Gasteiger charge is 2.42. The van der Waals surface area contributed by atoms with E-state index in [9.17, 15) is 77.6 Å². The number of nitrogens with one attached hydrogen (secondary N) is 15. The summed E-state index contributed by atoms with van der Waals surface area (Å²) in [5.74, 6) is -15.4. The number of rotatable bonds is 23. The summed E-state index contributed by atoms with van der Waals surface area (Å²) in [4.78, 5) is 222. The molecule has 12 atom stereocenters. The van der Waals surface area contributed by atoms with Crippen molar-refractivity contribution in [1.29, 1.82) is 5.41 Å². The number of aromatic nitrogens is 2. The van der Waals surface area contributed by atoms with E-state index in [4.69, 9.17) is 11.1 Å². The van der Waals surface area contributed by atoms with Crippen LogP contribution in [-0.4, -0.2) is 246 Å². The molecule has 36 nitrogen and oxygen atoms in total. The van der Waals surface area contributed by atoms with Gasteiger partial charge in [-0.3, -0.25) is 77.3 Å². The van der Waals surface area contributed by atoms with Gasteiger partial charge in [-0.25, -0.2) is 4.99 Å². The molecule has 6 heterocycles. The first kappa shape index (κ1) is 94.6. The summed E-state index contributed by atoms with van der Waals surface area (Å²) >= 11 is 3.70. The second-order valence-corrected chi connectivity index (χ2v) is 33.4. The van der Waals surface area contributed by atoms with E-state index in [2.05, 4.69) is 78.8 Å². The second kappa shape index (κ2) is 45.5. The molecule has 10 rings (SSSR count). The number of hydrogen-bond donors (Lipinski definition) is 19. The standard InChI is InChI=1S/C82H106N18O18S3/c1-9-119-40-61(89-45(7)102)78(114)98-69(44(6)101)81(117)91-56(28-29-65(104)105)74(110)95-62-41-121-38-47-22-26-49(27-23-47)72(85-8)99-70(83)48-24-20-46(21-25-48)37-120-39-60(71(84)108)94-79(115)63-19-14-30-100(63)82(118)68(43(4)5)97-75(111)57(31-50-34-86-54-17-12-10-15-52(50)54)90-64(103)36-88-73(109)59(33-66(106)107)93-80(116)67(42(2)3)96-76(112)58(92-77(62)113)32-51-35-87-55-18-13-11-16-53(51)55/h10-13,15-18,20-27,34-35,42-44,56-63,67-69,86-87,101H,9,14,19,28-33,36-41H2,1-8H3,(H2,84,108)(H,88,109)(H,89,102)(H,90,103)(H,91,117)(H,92,113)(H,93,116)(H,94,115)(H,95,110)(H,96,112)(H,97,111)(H,98,114)(H,104,105)(H,106,107)(H2,83,85,99)/t44-,56+,57+,58+,59+,60+,61+,62+,63+,67+,68+,69+/m1/s1. The number of amidine groups is 2. The fourth-order valence-electron chi connectivity index (χ4n) is 13.5. The minimum absolute atomic E-state index is 0.0379. The molecule has 121 heavy (non-hydrogen) atoms. The maximum Gasteiger partial charge on any atom is 0.305 e. The van der Waals surface area contributed by atoms with Crippen LogP contribution < -0.4 is 69.5 Å². The van der Waals surface area contributed by atoms with Crippen LogP contribution in [0.15, 0.2) is 114 Å². The maximum absolute atomic E-state index is 15.3. The summed E-state index contributed by atoms with van der Waals surface area (Å²) in [7, 11) is 1.62. The zero-order valence-corrected chi connectivity index (χ0v) is 70.7. The first-order valence-corrected chi connectivity index (χ1v) is 42.9. The number of nitrogens with zero attached hydrogens (tertiary/aromatic N) is 2. The molecule has 20 N–H and O–H groups in total. The molecule has 6 aromatic rings. The summed E-state index contributed by atoms with van der Waals surface area (Å²) in [6.07, 6.45) is -0.741. The number of hydrogen-bond acceptors (Lipinski definition) is 21. The van der Waals surface area contributed by atoms with Gasteiger partial charge in [-0.1, -0.05) is 120 Å². The van der Waals surface area contributed by atoms with Crippen LogP contribution in [0, 0.1) is 17.2 Å². The first-order valence-electron chi connectivity index (χ1n) is 39.5. The number of carboxylic acids is 2. The summed E-state index contributed by atoms with van der Waals surface area (Å²) < 4.78 is 0. The third-order valence-corrected chi connectivity index (χ3v) is 23.3. The Bertz CT molecular complexity index is 4790. The zero-order valence-electron chi connectivity index (χ0n) is 68.2. The smallest absolute Gasteiger partial charge is 0.305 e. The van der Waals surface area contributed by atoms with Gasteiger partial charge in [-0.05, 0) is 78.2 Å². The molecule has 0 unspecified atom stereocenters. The number of benzene rings is 4. The molecule has 39 heteroatoms. The van der Waals surface area contributed by atoms with Crippen molar-refractivity contribution in [2.45, 2.75) is 177 Å². The summed E-state index contributed by atoms with van der Waals surface area (Å²) in [6, 6.07) is 11.3. The van der Waals surface area contributed by atoms with Gasteiger partial charge in [-0.2, -0.15) is 35.3 Å². The molecule has 13 amide bonds. The van der Waals surface area contributed by atoms with Crippen LogP contribution in [0.2, 0.25) is 0 Å². The third-order valence-electron chi connectivity index (χ3n) is 20.1.